The van der Waals surface area contributed by atoms with Crippen LogP contribution in [0.3, 0.4) is 0 Å². The zero-order valence-corrected chi connectivity index (χ0v) is 12.4. The van der Waals surface area contributed by atoms with Crippen molar-refractivity contribution in [2.24, 2.45) is 0 Å². The smallest absolute Gasteiger partial charge is 0.396 e. The molecule has 0 aromatic carbocycles. The quantitative estimate of drug-likeness (QED) is 0.778. The molecule has 1 aromatic rings. The second-order valence-corrected chi connectivity index (χ2v) is 6.41. The van der Waals surface area contributed by atoms with Crippen molar-refractivity contribution in [3.8, 4) is 0 Å². The van der Waals surface area contributed by atoms with Gasteiger partial charge in [0.2, 0.25) is 10.0 Å². The largest absolute Gasteiger partial charge is 0.402 e. The lowest BCUT2D eigenvalue weighted by Crippen LogP contribution is -2.39. The number of rotatable bonds is 8. The van der Waals surface area contributed by atoms with Crippen LogP contribution in [0.15, 0.2) is 17.3 Å². The van der Waals surface area contributed by atoms with E-state index in [1.165, 1.54) is 10.9 Å². The van der Waals surface area contributed by atoms with Crippen LogP contribution in [-0.4, -0.2) is 53.5 Å². The van der Waals surface area contributed by atoms with Crippen LogP contribution in [0.2, 0.25) is 0 Å². The van der Waals surface area contributed by atoms with Gasteiger partial charge in [0.25, 0.3) is 0 Å². The molecule has 1 N–H and O–H groups in total. The lowest BCUT2D eigenvalue weighted by atomic mass is 10.5. The molecule has 6 nitrogen and oxygen atoms in total. The van der Waals surface area contributed by atoms with Crippen molar-refractivity contribution in [1.82, 2.24) is 14.1 Å². The lowest BCUT2D eigenvalue weighted by Gasteiger charge is -2.21. The Labute approximate surface area is 121 Å². The summed E-state index contributed by atoms with van der Waals surface area (Å²) in [6, 6.07) is 0. The van der Waals surface area contributed by atoms with Gasteiger partial charge in [-0.15, -0.1) is 0 Å². The van der Waals surface area contributed by atoms with E-state index in [-0.39, 0.29) is 24.5 Å². The first-order chi connectivity index (χ1) is 9.70. The van der Waals surface area contributed by atoms with Gasteiger partial charge < -0.3 is 5.11 Å². The maximum atomic E-state index is 12.5. The van der Waals surface area contributed by atoms with Crippen LogP contribution in [-0.2, 0) is 16.6 Å². The first kappa shape index (κ1) is 17.9. The molecule has 1 rings (SSSR count). The second-order valence-electron chi connectivity index (χ2n) is 4.47. The summed E-state index contributed by atoms with van der Waals surface area (Å²) < 4.78 is 63.6. The molecule has 0 aliphatic rings. The average molecular weight is 329 g/mol. The summed E-state index contributed by atoms with van der Waals surface area (Å²) in [5.41, 5.74) is 0. The number of hydrogen-bond acceptors (Lipinski definition) is 4. The molecule has 0 fully saturated rings. The molecule has 0 aliphatic heterocycles. The molecule has 1 heterocycles. The number of aryl methyl sites for hydroxylation is 1. The van der Waals surface area contributed by atoms with E-state index >= 15 is 0 Å². The van der Waals surface area contributed by atoms with Gasteiger partial charge >= 0.3 is 6.18 Å². The molecule has 21 heavy (non-hydrogen) atoms. The van der Waals surface area contributed by atoms with Crippen molar-refractivity contribution >= 4 is 10.0 Å². The second kappa shape index (κ2) is 7.23. The molecule has 0 radical (unpaired) electrons. The molecule has 0 bridgehead atoms. The van der Waals surface area contributed by atoms with Gasteiger partial charge in [0.15, 0.2) is 0 Å². The number of aliphatic hydroxyl groups excluding tert-OH is 1. The van der Waals surface area contributed by atoms with Crippen LogP contribution in [0.1, 0.15) is 19.8 Å². The fraction of sp³-hybridized carbons (Fsp3) is 0.727. The first-order valence-electron chi connectivity index (χ1n) is 6.41. The summed E-state index contributed by atoms with van der Waals surface area (Å²) in [4.78, 5) is -0.280. The highest BCUT2D eigenvalue weighted by Crippen LogP contribution is 2.22. The zero-order valence-electron chi connectivity index (χ0n) is 11.5. The van der Waals surface area contributed by atoms with E-state index in [9.17, 15) is 21.6 Å². The molecule has 0 atom stereocenters. The molecule has 122 valence electrons. The van der Waals surface area contributed by atoms with Crippen molar-refractivity contribution < 1.29 is 26.7 Å². The predicted octanol–water partition coefficient (Wildman–Crippen LogP) is 1.23. The van der Waals surface area contributed by atoms with Gasteiger partial charge in [-0.3, -0.25) is 4.68 Å². The van der Waals surface area contributed by atoms with E-state index in [1.807, 2.05) is 0 Å². The SMILES string of the molecule is CCCN(CC(F)(F)F)S(=O)(=O)c1cnn(CCCO)c1. The normalized spacial score (nSPS) is 13.0. The number of aromatic nitrogens is 2. The van der Waals surface area contributed by atoms with Gasteiger partial charge in [-0.2, -0.15) is 22.6 Å². The van der Waals surface area contributed by atoms with Crippen molar-refractivity contribution in [2.75, 3.05) is 19.7 Å². The number of hydrogen-bond donors (Lipinski definition) is 1. The Morgan fingerprint density at radius 2 is 2.10 bits per heavy atom. The van der Waals surface area contributed by atoms with E-state index in [1.54, 1.807) is 6.92 Å². The molecule has 1 aromatic heterocycles. The third kappa shape index (κ3) is 5.29. The summed E-state index contributed by atoms with van der Waals surface area (Å²) in [5, 5.41) is 12.5. The minimum Gasteiger partial charge on any atom is -0.396 e. The molecule has 0 aliphatic carbocycles. The third-order valence-electron chi connectivity index (χ3n) is 2.62. The van der Waals surface area contributed by atoms with E-state index in [2.05, 4.69) is 5.10 Å². The fourth-order valence-electron chi connectivity index (χ4n) is 1.72. The molecule has 0 amide bonds. The van der Waals surface area contributed by atoms with E-state index in [0.29, 0.717) is 17.3 Å². The summed E-state index contributed by atoms with van der Waals surface area (Å²) in [7, 11) is -4.23. The minimum atomic E-state index is -4.60. The zero-order chi connectivity index (χ0) is 16.1. The van der Waals surface area contributed by atoms with Crippen molar-refractivity contribution in [3.05, 3.63) is 12.4 Å². The number of halogens is 3. The maximum Gasteiger partial charge on any atom is 0.402 e. The Kier molecular flexibility index (Phi) is 6.17. The van der Waals surface area contributed by atoms with E-state index < -0.39 is 22.7 Å². The Morgan fingerprint density at radius 1 is 1.43 bits per heavy atom. The van der Waals surface area contributed by atoms with Gasteiger partial charge in [-0.1, -0.05) is 6.92 Å². The van der Waals surface area contributed by atoms with Gasteiger partial charge in [0, 0.05) is 25.9 Å². The van der Waals surface area contributed by atoms with Crippen molar-refractivity contribution in [3.63, 3.8) is 0 Å². The number of aliphatic hydroxyl groups is 1. The number of sulfonamides is 1. The Hall–Kier alpha value is -1.13. The topological polar surface area (TPSA) is 75.4 Å². The van der Waals surface area contributed by atoms with E-state index in [4.69, 9.17) is 5.11 Å². The van der Waals surface area contributed by atoms with E-state index in [0.717, 1.165) is 6.20 Å². The minimum absolute atomic E-state index is 0.0853. The van der Waals surface area contributed by atoms with Gasteiger partial charge in [0.05, 0.1) is 6.20 Å². The summed E-state index contributed by atoms with van der Waals surface area (Å²) >= 11 is 0. The summed E-state index contributed by atoms with van der Waals surface area (Å²) in [6.45, 7) is 0.0647. The standard InChI is InChI=1S/C11H18F3N3O3S/c1-2-4-17(9-11(12,13)14)21(19,20)10-7-15-16(8-10)5-3-6-18/h7-8,18H,2-6,9H2,1H3. The molecular formula is C11H18F3N3O3S. The molecule has 0 unspecified atom stereocenters. The number of alkyl halides is 3. The monoisotopic (exact) mass is 329 g/mol. The van der Waals surface area contributed by atoms with Crippen LogP contribution < -0.4 is 0 Å². The predicted molar refractivity (Wildman–Crippen MR) is 69.0 cm³/mol. The van der Waals surface area contributed by atoms with Crippen LogP contribution in [0, 0.1) is 0 Å². The van der Waals surface area contributed by atoms with Gasteiger partial charge in [0.1, 0.15) is 11.4 Å². The van der Waals surface area contributed by atoms with Crippen LogP contribution in [0.25, 0.3) is 0 Å². The molecular weight excluding hydrogens is 311 g/mol. The summed E-state index contributed by atoms with van der Waals surface area (Å²) in [5.74, 6) is 0. The molecule has 10 heteroatoms. The highest BCUT2D eigenvalue weighted by molar-refractivity contribution is 7.89. The van der Waals surface area contributed by atoms with Crippen LogP contribution in [0.5, 0.6) is 0 Å². The Balaban J connectivity index is 2.97. The first-order valence-corrected chi connectivity index (χ1v) is 7.85. The average Bonchev–Trinajstić information content (AvgIpc) is 2.83. The Bertz CT molecular complexity index is 542. The maximum absolute atomic E-state index is 12.5. The van der Waals surface area contributed by atoms with Crippen LogP contribution in [0.4, 0.5) is 13.2 Å². The highest BCUT2D eigenvalue weighted by Gasteiger charge is 2.37. The van der Waals surface area contributed by atoms with Gasteiger partial charge in [-0.25, -0.2) is 8.42 Å². The molecule has 0 saturated heterocycles. The third-order valence-corrected chi connectivity index (χ3v) is 4.42. The highest BCUT2D eigenvalue weighted by atomic mass is 32.2. The molecule has 0 spiro atoms. The van der Waals surface area contributed by atoms with Crippen molar-refractivity contribution in [1.29, 1.82) is 0 Å². The fourth-order valence-corrected chi connectivity index (χ4v) is 3.19. The Morgan fingerprint density at radius 3 is 2.62 bits per heavy atom. The van der Waals surface area contributed by atoms with Crippen LogP contribution >= 0.6 is 0 Å². The van der Waals surface area contributed by atoms with Gasteiger partial charge in [-0.05, 0) is 12.8 Å². The lowest BCUT2D eigenvalue weighted by molar-refractivity contribution is -0.136. The van der Waals surface area contributed by atoms with Crippen molar-refractivity contribution in [2.45, 2.75) is 37.4 Å². The number of nitrogens with zero attached hydrogens (tertiary/aromatic N) is 3. The molecule has 0 saturated carbocycles. The summed E-state index contributed by atoms with van der Waals surface area (Å²) in [6.07, 6.45) is -1.76.